The van der Waals surface area contributed by atoms with E-state index in [-0.39, 0.29) is 69.6 Å². The molecule has 0 aliphatic carbocycles. The van der Waals surface area contributed by atoms with Crippen LogP contribution >= 0.6 is 21.6 Å². The third-order valence-electron chi connectivity index (χ3n) is 14.4. The number of carboxylic acid groups (broad SMARTS) is 1. The van der Waals surface area contributed by atoms with E-state index in [9.17, 15) is 68.0 Å². The number of alkyl halides is 1. The van der Waals surface area contributed by atoms with Crippen LogP contribution in [0.4, 0.5) is 4.39 Å². The van der Waals surface area contributed by atoms with Crippen LogP contribution in [-0.4, -0.2) is 204 Å². The summed E-state index contributed by atoms with van der Waals surface area (Å²) < 4.78 is 13.9. The van der Waals surface area contributed by atoms with Gasteiger partial charge in [-0.15, -0.1) is 5.10 Å². The first-order valence-corrected chi connectivity index (χ1v) is 31.9. The van der Waals surface area contributed by atoms with Crippen molar-refractivity contribution < 1.29 is 77.6 Å². The highest BCUT2D eigenvalue weighted by Crippen LogP contribution is 2.25. The number of phenolic OH excluding ortho intramolecular Hbond substituents is 1. The van der Waals surface area contributed by atoms with Gasteiger partial charge < -0.3 is 84.3 Å². The van der Waals surface area contributed by atoms with Gasteiger partial charge in [0.15, 0.2) is 11.7 Å². The molecule has 92 heavy (non-hydrogen) atoms. The number of fused-ring (bicyclic) bond motifs is 1. The van der Waals surface area contributed by atoms with E-state index in [1.54, 1.807) is 60.8 Å². The topological polar surface area (TPSA) is 462 Å². The van der Waals surface area contributed by atoms with Crippen molar-refractivity contribution in [1.29, 1.82) is 0 Å². The van der Waals surface area contributed by atoms with Crippen LogP contribution in [0.25, 0.3) is 10.9 Å². The van der Waals surface area contributed by atoms with Gasteiger partial charge in [-0.2, -0.15) is 0 Å². The Kier molecular flexibility index (Phi) is 28.1. The third-order valence-corrected chi connectivity index (χ3v) is 16.8. The first-order valence-electron chi connectivity index (χ1n) is 29.4. The van der Waals surface area contributed by atoms with Crippen LogP contribution in [-0.2, 0) is 73.8 Å². The monoisotopic (exact) mass is 1320 g/mol. The summed E-state index contributed by atoms with van der Waals surface area (Å²) in [5.74, 6) is -11.9. The smallest absolute Gasteiger partial charge is 0.328 e. The molecule has 0 saturated carbocycles. The van der Waals surface area contributed by atoms with E-state index in [0.717, 1.165) is 40.1 Å². The second kappa shape index (κ2) is 36.0. The summed E-state index contributed by atoms with van der Waals surface area (Å²) in [6.07, 6.45) is -0.910. The lowest BCUT2D eigenvalue weighted by Gasteiger charge is -2.29. The number of aliphatic hydroxyl groups excluding tert-OH is 2. The highest BCUT2D eigenvalue weighted by Gasteiger charge is 2.38. The molecule has 5 aromatic rings. The van der Waals surface area contributed by atoms with Gasteiger partial charge in [-0.1, -0.05) is 87.5 Å². The number of carboxylic acids is 1. The zero-order valence-electron chi connectivity index (χ0n) is 50.2. The maximum Gasteiger partial charge on any atom is 0.328 e. The summed E-state index contributed by atoms with van der Waals surface area (Å²) in [4.78, 5) is 157. The Balaban J connectivity index is 1.35. The molecular formula is C59H76FN15O15S2. The minimum absolute atomic E-state index is 0.0771. The number of hydrogen-bond acceptors (Lipinski definition) is 19. The highest BCUT2D eigenvalue weighted by molar-refractivity contribution is 8.76. The molecule has 33 heteroatoms. The Labute approximate surface area is 534 Å². The molecule has 10 amide bonds. The van der Waals surface area contributed by atoms with Gasteiger partial charge in [0.1, 0.15) is 54.7 Å². The van der Waals surface area contributed by atoms with E-state index >= 15 is 9.59 Å². The molecule has 10 atom stereocenters. The SMILES string of the molecule is C[C@@H](O)[C@H](NC(=O)[C@@H]1CSSC[C@H](NC(=O)[C@@H](Cc2ccccc2)NC(=O)CNC(=O)CCNC(=O)c2cn(CCF)nn2)C(=O)N[C@@H](Cc2ccc(O)cc2)C(=O)N[C@H](Cc2c[nH]c3ccccc23)C(=O)N[C@@H](CCCCN)C(=O)N[C@@H]([C@@H](C)O)C(=O)N1)C(=O)O. The van der Waals surface area contributed by atoms with Gasteiger partial charge in [0.25, 0.3) is 5.91 Å². The quantitative estimate of drug-likeness (QED) is 0.0204. The second-order valence-electron chi connectivity index (χ2n) is 21.5. The molecule has 1 aliphatic heterocycles. The number of aromatic amines is 1. The number of aromatic hydroxyl groups is 1. The maximum absolute atomic E-state index is 15.0. The number of halogens is 1. The van der Waals surface area contributed by atoms with Crippen molar-refractivity contribution in [3.63, 3.8) is 0 Å². The number of phenols is 1. The molecule has 17 N–H and O–H groups in total. The Morgan fingerprint density at radius 1 is 0.750 bits per heavy atom. The number of hydrogen-bond donors (Lipinski definition) is 16. The van der Waals surface area contributed by atoms with Crippen LogP contribution < -0.4 is 58.9 Å². The van der Waals surface area contributed by atoms with Crippen LogP contribution in [0.1, 0.15) is 66.7 Å². The highest BCUT2D eigenvalue weighted by atomic mass is 33.1. The molecule has 0 spiro atoms. The number of rotatable bonds is 26. The zero-order valence-corrected chi connectivity index (χ0v) is 51.9. The molecule has 30 nitrogen and oxygen atoms in total. The molecule has 1 aliphatic rings. The summed E-state index contributed by atoms with van der Waals surface area (Å²) in [7, 11) is 1.66. The molecule has 0 radical (unpaired) electrons. The molecule has 0 unspecified atom stereocenters. The largest absolute Gasteiger partial charge is 0.508 e. The van der Waals surface area contributed by atoms with E-state index in [1.165, 1.54) is 30.5 Å². The molecule has 2 aromatic heterocycles. The number of aromatic nitrogens is 4. The Morgan fingerprint density at radius 2 is 1.41 bits per heavy atom. The minimum atomic E-state index is -1.89. The minimum Gasteiger partial charge on any atom is -0.508 e. The maximum atomic E-state index is 15.0. The number of unbranched alkanes of at least 4 members (excludes halogenated alkanes) is 1. The molecule has 3 aromatic carbocycles. The summed E-state index contributed by atoms with van der Waals surface area (Å²) >= 11 is 0. The van der Waals surface area contributed by atoms with E-state index in [2.05, 4.69) is 68.5 Å². The number of nitrogens with zero attached hydrogens (tertiary/aromatic N) is 3. The van der Waals surface area contributed by atoms with Crippen molar-refractivity contribution in [3.05, 3.63) is 114 Å². The number of amides is 10. The third kappa shape index (κ3) is 22.3. The van der Waals surface area contributed by atoms with Crippen molar-refractivity contribution >= 4 is 97.5 Å². The van der Waals surface area contributed by atoms with Crippen LogP contribution in [0.5, 0.6) is 5.75 Å². The van der Waals surface area contributed by atoms with E-state index in [4.69, 9.17) is 5.73 Å². The normalized spacial score (nSPS) is 20.0. The standard InChI is InChI=1S/C59H76FN15O15S2/c1-32(76)49-58(88)70-46(57(87)72-50(33(2)77)59(89)90)31-92-91-30-45(69-53(83)41(24-34-10-4-3-5-11-34)65-48(80)28-64-47(79)19-22-62-51(81)44-29-75(23-20-60)74-73-44)56(86)67-42(25-35-15-17-37(78)18-16-35)54(84)68-43(26-36-27-63-39-13-7-6-12-38(36)39)55(85)66-40(52(82)71-49)14-8-9-21-61/h3-7,10-13,15-18,27,29,32-33,40-43,45-46,49-50,63,76-78H,8-9,14,19-26,28,30-31,61H2,1-2H3,(H,62,81)(H,64,79)(H,65,80)(H,66,85)(H,67,86)(H,68,84)(H,69,83)(H,70,88)(H,71,82)(H,72,87)(H,89,90)/t32-,33-,40+,41-,42+,43-,45+,46+,49+,50+/m1/s1. The lowest BCUT2D eigenvalue weighted by molar-refractivity contribution is -0.145. The summed E-state index contributed by atoms with van der Waals surface area (Å²) in [5.41, 5.74) is 7.84. The van der Waals surface area contributed by atoms with Crippen molar-refractivity contribution in [2.24, 2.45) is 5.73 Å². The number of aliphatic hydroxyl groups is 2. The summed E-state index contributed by atoms with van der Waals surface area (Å²) in [5, 5.41) is 74.7. The predicted octanol–water partition coefficient (Wildman–Crippen LogP) is -2.35. The zero-order chi connectivity index (χ0) is 66.9. The first kappa shape index (κ1) is 71.9. The number of carbonyl (C=O) groups excluding carboxylic acids is 10. The van der Waals surface area contributed by atoms with Gasteiger partial charge in [-0.3, -0.25) is 47.9 Å². The summed E-state index contributed by atoms with van der Waals surface area (Å²) in [6.45, 7) is 0.725. The molecule has 3 heterocycles. The Morgan fingerprint density at radius 3 is 2.10 bits per heavy atom. The van der Waals surface area contributed by atoms with Gasteiger partial charge in [0.05, 0.1) is 31.5 Å². The molecule has 1 fully saturated rings. The Bertz CT molecular complexity index is 3360. The molecule has 496 valence electrons. The van der Waals surface area contributed by atoms with Crippen LogP contribution in [0.15, 0.2) is 91.3 Å². The average Bonchev–Trinajstić information content (AvgIpc) is 1.95. The Hall–Kier alpha value is -9.18. The van der Waals surface area contributed by atoms with Gasteiger partial charge in [0.2, 0.25) is 53.2 Å². The number of nitrogens with one attached hydrogen (secondary N) is 11. The fourth-order valence-corrected chi connectivity index (χ4v) is 11.7. The van der Waals surface area contributed by atoms with E-state index in [1.807, 2.05) is 0 Å². The second-order valence-corrected chi connectivity index (χ2v) is 24.1. The fraction of sp³-hybridized carbons (Fsp3) is 0.441. The molecular weight excluding hydrogens is 1240 g/mol. The number of H-pyrrole nitrogens is 1. The van der Waals surface area contributed by atoms with Gasteiger partial charge in [-0.05, 0) is 74.5 Å². The predicted molar refractivity (Wildman–Crippen MR) is 334 cm³/mol. The van der Waals surface area contributed by atoms with Gasteiger partial charge in [-0.25, -0.2) is 13.9 Å². The van der Waals surface area contributed by atoms with Crippen LogP contribution in [0, 0.1) is 0 Å². The van der Waals surface area contributed by atoms with Gasteiger partial charge >= 0.3 is 5.97 Å². The number of aliphatic carboxylic acids is 1. The van der Waals surface area contributed by atoms with Crippen LogP contribution in [0.2, 0.25) is 0 Å². The number of benzene rings is 3. The number of carbonyl (C=O) groups is 11. The lowest BCUT2D eigenvalue weighted by atomic mass is 10.0. The molecule has 1 saturated heterocycles. The average molecular weight is 1320 g/mol. The number of para-hydroxylation sites is 1. The van der Waals surface area contributed by atoms with Crippen molar-refractivity contribution in [1.82, 2.24) is 73.1 Å². The summed E-state index contributed by atoms with van der Waals surface area (Å²) in [6, 6.07) is 8.00. The van der Waals surface area contributed by atoms with Crippen molar-refractivity contribution in [2.75, 3.05) is 37.8 Å². The first-order chi connectivity index (χ1) is 44.0. The van der Waals surface area contributed by atoms with E-state index in [0.29, 0.717) is 34.0 Å². The van der Waals surface area contributed by atoms with Gasteiger partial charge in [0, 0.05) is 60.8 Å². The molecule has 6 rings (SSSR count). The van der Waals surface area contributed by atoms with E-state index < -0.39 is 150 Å². The number of nitrogens with two attached hydrogens (primary N) is 1. The lowest BCUT2D eigenvalue weighted by Crippen LogP contribution is -2.62. The molecule has 0 bridgehead atoms. The van der Waals surface area contributed by atoms with Crippen molar-refractivity contribution in [2.45, 2.75) is 126 Å². The van der Waals surface area contributed by atoms with Crippen LogP contribution in [0.3, 0.4) is 0 Å². The number of aryl methyl sites for hydroxylation is 1. The van der Waals surface area contributed by atoms with Crippen molar-refractivity contribution in [3.8, 4) is 5.75 Å². The fourth-order valence-electron chi connectivity index (χ4n) is 9.37.